The third-order valence-corrected chi connectivity index (χ3v) is 4.17. The van der Waals surface area contributed by atoms with Crippen LogP contribution in [0.1, 0.15) is 27.6 Å². The zero-order valence-electron chi connectivity index (χ0n) is 12.5. The first-order valence-electron chi connectivity index (χ1n) is 6.60. The lowest BCUT2D eigenvalue weighted by Crippen LogP contribution is -2.00. The molecule has 0 heterocycles. The van der Waals surface area contributed by atoms with Crippen molar-refractivity contribution < 1.29 is 9.47 Å². The van der Waals surface area contributed by atoms with Crippen LogP contribution in [-0.2, 0) is 0 Å². The van der Waals surface area contributed by atoms with Crippen LogP contribution in [0.4, 0.5) is 0 Å². The van der Waals surface area contributed by atoms with Gasteiger partial charge < -0.3 is 9.47 Å². The highest BCUT2D eigenvalue weighted by Crippen LogP contribution is 2.38. The lowest BCUT2D eigenvalue weighted by atomic mass is 9.98. The first-order chi connectivity index (χ1) is 9.97. The highest BCUT2D eigenvalue weighted by atomic mass is 35.5. The Balaban J connectivity index is 2.50. The van der Waals surface area contributed by atoms with E-state index in [-0.39, 0.29) is 5.38 Å². The van der Waals surface area contributed by atoms with Crippen LogP contribution in [0.25, 0.3) is 0 Å². The average molecular weight is 325 g/mol. The molecule has 1 atom stereocenters. The summed E-state index contributed by atoms with van der Waals surface area (Å²) >= 11 is 12.7. The molecule has 0 aliphatic carbocycles. The average Bonchev–Trinajstić information content (AvgIpc) is 2.46. The summed E-state index contributed by atoms with van der Waals surface area (Å²) in [6, 6.07) is 9.52. The first-order valence-corrected chi connectivity index (χ1v) is 7.42. The maximum Gasteiger partial charge on any atom is 0.124 e. The molecule has 0 saturated heterocycles. The molecule has 112 valence electrons. The fraction of sp³-hybridized carbons (Fsp3) is 0.294. The molecule has 0 bridgehead atoms. The van der Waals surface area contributed by atoms with E-state index in [0.29, 0.717) is 5.02 Å². The summed E-state index contributed by atoms with van der Waals surface area (Å²) in [5, 5.41) is 0.306. The minimum atomic E-state index is -0.332. The van der Waals surface area contributed by atoms with Crippen LogP contribution in [-0.4, -0.2) is 14.2 Å². The van der Waals surface area contributed by atoms with Gasteiger partial charge in [-0.05, 0) is 48.7 Å². The van der Waals surface area contributed by atoms with Crippen molar-refractivity contribution in [3.63, 3.8) is 0 Å². The Kier molecular flexibility index (Phi) is 5.02. The maximum atomic E-state index is 6.65. The molecule has 2 aromatic rings. The van der Waals surface area contributed by atoms with Crippen molar-refractivity contribution in [2.24, 2.45) is 0 Å². The lowest BCUT2D eigenvalue weighted by Gasteiger charge is -2.17. The smallest absolute Gasteiger partial charge is 0.124 e. The zero-order valence-corrected chi connectivity index (χ0v) is 14.0. The molecule has 0 saturated carbocycles. The highest BCUT2D eigenvalue weighted by molar-refractivity contribution is 6.31. The van der Waals surface area contributed by atoms with E-state index in [1.54, 1.807) is 20.3 Å². The molecule has 0 aromatic heterocycles. The zero-order chi connectivity index (χ0) is 15.6. The van der Waals surface area contributed by atoms with Crippen LogP contribution in [0.15, 0.2) is 30.3 Å². The Bertz CT molecular complexity index is 630. The van der Waals surface area contributed by atoms with Crippen molar-refractivity contribution in [1.29, 1.82) is 0 Å². The molecule has 2 aromatic carbocycles. The molecule has 0 aliphatic heterocycles. The quantitative estimate of drug-likeness (QED) is 0.710. The fourth-order valence-electron chi connectivity index (χ4n) is 2.53. The molecule has 0 spiro atoms. The van der Waals surface area contributed by atoms with Crippen LogP contribution < -0.4 is 9.47 Å². The molecular weight excluding hydrogens is 307 g/mol. The number of halogens is 2. The summed E-state index contributed by atoms with van der Waals surface area (Å²) in [7, 11) is 3.30. The van der Waals surface area contributed by atoms with E-state index in [0.717, 1.165) is 33.8 Å². The summed E-state index contributed by atoms with van der Waals surface area (Å²) in [6.45, 7) is 4.02. The second-order valence-corrected chi connectivity index (χ2v) is 5.81. The number of aryl methyl sites for hydroxylation is 2. The standard InChI is InChI=1S/C17H18Cl2O2/c1-10-7-12(8-11(2)17(10)21-4)16(19)14-9-13(18)5-6-15(14)20-3/h5-9,16H,1-4H3. The topological polar surface area (TPSA) is 18.5 Å². The van der Waals surface area contributed by atoms with E-state index in [1.807, 2.05) is 38.1 Å². The van der Waals surface area contributed by atoms with Crippen LogP contribution >= 0.6 is 23.2 Å². The number of hydrogen-bond acceptors (Lipinski definition) is 2. The Morgan fingerprint density at radius 3 is 2.10 bits per heavy atom. The van der Waals surface area contributed by atoms with Gasteiger partial charge in [0.15, 0.2) is 0 Å². The van der Waals surface area contributed by atoms with E-state index in [1.165, 1.54) is 0 Å². The number of hydrogen-bond donors (Lipinski definition) is 0. The Hall–Kier alpha value is -1.38. The lowest BCUT2D eigenvalue weighted by molar-refractivity contribution is 0.408. The van der Waals surface area contributed by atoms with Gasteiger partial charge in [-0.2, -0.15) is 0 Å². The molecule has 4 heteroatoms. The van der Waals surface area contributed by atoms with Gasteiger partial charge in [0.2, 0.25) is 0 Å². The Labute approximate surface area is 135 Å². The van der Waals surface area contributed by atoms with E-state index in [4.69, 9.17) is 32.7 Å². The molecule has 0 fully saturated rings. The number of methoxy groups -OCH3 is 2. The van der Waals surface area contributed by atoms with Gasteiger partial charge in [0, 0.05) is 10.6 Å². The summed E-state index contributed by atoms with van der Waals surface area (Å²) < 4.78 is 10.8. The molecule has 0 N–H and O–H groups in total. The third kappa shape index (κ3) is 3.28. The van der Waals surface area contributed by atoms with Gasteiger partial charge in [-0.25, -0.2) is 0 Å². The van der Waals surface area contributed by atoms with Gasteiger partial charge in [-0.15, -0.1) is 11.6 Å². The van der Waals surface area contributed by atoms with Crippen LogP contribution in [0, 0.1) is 13.8 Å². The van der Waals surface area contributed by atoms with Crippen LogP contribution in [0.5, 0.6) is 11.5 Å². The summed E-state index contributed by atoms with van der Waals surface area (Å²) in [6.07, 6.45) is 0. The number of rotatable bonds is 4. The van der Waals surface area contributed by atoms with Gasteiger partial charge in [0.1, 0.15) is 11.5 Å². The van der Waals surface area contributed by atoms with Gasteiger partial charge in [0.05, 0.1) is 19.6 Å². The predicted molar refractivity (Wildman–Crippen MR) is 88.2 cm³/mol. The molecule has 1 unspecified atom stereocenters. The number of benzene rings is 2. The van der Waals surface area contributed by atoms with Gasteiger partial charge >= 0.3 is 0 Å². The number of alkyl halides is 1. The summed E-state index contributed by atoms with van der Waals surface area (Å²) in [4.78, 5) is 0. The normalized spacial score (nSPS) is 12.1. The highest BCUT2D eigenvalue weighted by Gasteiger charge is 2.18. The SMILES string of the molecule is COc1ccc(Cl)cc1C(Cl)c1cc(C)c(OC)c(C)c1. The minimum Gasteiger partial charge on any atom is -0.496 e. The molecular formula is C17H18Cl2O2. The summed E-state index contributed by atoms with van der Waals surface area (Å²) in [5.74, 6) is 1.62. The van der Waals surface area contributed by atoms with Crippen molar-refractivity contribution in [1.82, 2.24) is 0 Å². The Morgan fingerprint density at radius 2 is 1.57 bits per heavy atom. The van der Waals surface area contributed by atoms with Crippen molar-refractivity contribution in [3.05, 3.63) is 57.6 Å². The minimum absolute atomic E-state index is 0.332. The van der Waals surface area contributed by atoms with E-state index >= 15 is 0 Å². The van der Waals surface area contributed by atoms with E-state index in [2.05, 4.69) is 0 Å². The molecule has 2 nitrogen and oxygen atoms in total. The Morgan fingerprint density at radius 1 is 0.952 bits per heavy atom. The van der Waals surface area contributed by atoms with Gasteiger partial charge in [0.25, 0.3) is 0 Å². The molecule has 21 heavy (non-hydrogen) atoms. The van der Waals surface area contributed by atoms with Crippen molar-refractivity contribution >= 4 is 23.2 Å². The van der Waals surface area contributed by atoms with E-state index in [9.17, 15) is 0 Å². The second-order valence-electron chi connectivity index (χ2n) is 4.94. The van der Waals surface area contributed by atoms with Crippen molar-refractivity contribution in [3.8, 4) is 11.5 Å². The maximum absolute atomic E-state index is 6.65. The molecule has 2 rings (SSSR count). The largest absolute Gasteiger partial charge is 0.496 e. The molecule has 0 aliphatic rings. The van der Waals surface area contributed by atoms with Crippen LogP contribution in [0.2, 0.25) is 5.02 Å². The molecule has 0 amide bonds. The van der Waals surface area contributed by atoms with Crippen molar-refractivity contribution in [2.75, 3.05) is 14.2 Å². The third-order valence-electron chi connectivity index (χ3n) is 3.44. The van der Waals surface area contributed by atoms with Gasteiger partial charge in [-0.1, -0.05) is 23.7 Å². The van der Waals surface area contributed by atoms with Gasteiger partial charge in [-0.3, -0.25) is 0 Å². The molecule has 0 radical (unpaired) electrons. The monoisotopic (exact) mass is 324 g/mol. The second kappa shape index (κ2) is 6.59. The summed E-state index contributed by atoms with van der Waals surface area (Å²) in [5.41, 5.74) is 3.96. The fourth-order valence-corrected chi connectivity index (χ4v) is 3.01. The van der Waals surface area contributed by atoms with Crippen LogP contribution in [0.3, 0.4) is 0 Å². The predicted octanol–water partition coefficient (Wildman–Crippen LogP) is 5.30. The first kappa shape index (κ1) is 16.0. The number of ether oxygens (including phenoxy) is 2. The van der Waals surface area contributed by atoms with E-state index < -0.39 is 0 Å². The van der Waals surface area contributed by atoms with Crippen molar-refractivity contribution in [2.45, 2.75) is 19.2 Å².